The number of ether oxygens (including phenoxy) is 2. The Labute approximate surface area is 121 Å². The molecule has 0 bridgehead atoms. The van der Waals surface area contributed by atoms with Crippen molar-refractivity contribution in [3.63, 3.8) is 0 Å². The van der Waals surface area contributed by atoms with Gasteiger partial charge < -0.3 is 14.4 Å². The van der Waals surface area contributed by atoms with Gasteiger partial charge in [0.15, 0.2) is 11.5 Å². The van der Waals surface area contributed by atoms with Crippen LogP contribution in [0.5, 0.6) is 11.5 Å². The standard InChI is InChI=1S/C16H25NO3/c1-6-17(7-2)16(18)12(3)10-13-8-9-14(19-4)15(11-13)20-5/h8-9,11-12H,6-7,10H2,1-5H3. The lowest BCUT2D eigenvalue weighted by molar-refractivity contribution is -0.134. The minimum Gasteiger partial charge on any atom is -0.493 e. The topological polar surface area (TPSA) is 38.8 Å². The molecule has 4 nitrogen and oxygen atoms in total. The first-order valence-electron chi connectivity index (χ1n) is 7.07. The van der Waals surface area contributed by atoms with Crippen LogP contribution in [0.2, 0.25) is 0 Å². The third-order valence-corrected chi connectivity index (χ3v) is 3.49. The van der Waals surface area contributed by atoms with E-state index in [1.807, 2.05) is 43.9 Å². The van der Waals surface area contributed by atoms with Gasteiger partial charge >= 0.3 is 0 Å². The van der Waals surface area contributed by atoms with Crippen LogP contribution < -0.4 is 9.47 Å². The third-order valence-electron chi connectivity index (χ3n) is 3.49. The highest BCUT2D eigenvalue weighted by Crippen LogP contribution is 2.28. The molecule has 0 radical (unpaired) electrons. The molecule has 1 aromatic carbocycles. The molecular weight excluding hydrogens is 254 g/mol. The molecule has 0 aromatic heterocycles. The van der Waals surface area contributed by atoms with Gasteiger partial charge in [-0.05, 0) is 38.0 Å². The second-order valence-corrected chi connectivity index (χ2v) is 4.81. The summed E-state index contributed by atoms with van der Waals surface area (Å²) in [6.45, 7) is 7.49. The number of amides is 1. The Morgan fingerprint density at radius 3 is 2.25 bits per heavy atom. The Kier molecular flexibility index (Phi) is 6.36. The monoisotopic (exact) mass is 279 g/mol. The fourth-order valence-electron chi connectivity index (χ4n) is 2.30. The maximum Gasteiger partial charge on any atom is 0.225 e. The zero-order valence-electron chi connectivity index (χ0n) is 13.1. The molecule has 20 heavy (non-hydrogen) atoms. The summed E-state index contributed by atoms with van der Waals surface area (Å²) >= 11 is 0. The van der Waals surface area contributed by atoms with E-state index in [1.165, 1.54) is 0 Å². The first-order valence-corrected chi connectivity index (χ1v) is 7.07. The number of rotatable bonds is 7. The molecule has 0 saturated carbocycles. The van der Waals surface area contributed by atoms with E-state index < -0.39 is 0 Å². The van der Waals surface area contributed by atoms with Crippen molar-refractivity contribution in [2.24, 2.45) is 5.92 Å². The molecular formula is C16H25NO3. The zero-order chi connectivity index (χ0) is 15.1. The van der Waals surface area contributed by atoms with Crippen molar-refractivity contribution in [1.29, 1.82) is 0 Å². The van der Waals surface area contributed by atoms with E-state index in [0.717, 1.165) is 18.7 Å². The normalized spacial score (nSPS) is 11.8. The van der Waals surface area contributed by atoms with Crippen LogP contribution in [-0.4, -0.2) is 38.1 Å². The maximum atomic E-state index is 12.3. The van der Waals surface area contributed by atoms with Gasteiger partial charge in [-0.1, -0.05) is 13.0 Å². The van der Waals surface area contributed by atoms with E-state index in [4.69, 9.17) is 9.47 Å². The van der Waals surface area contributed by atoms with Crippen LogP contribution in [0.25, 0.3) is 0 Å². The second kappa shape index (κ2) is 7.78. The number of hydrogen-bond donors (Lipinski definition) is 0. The molecule has 4 heteroatoms. The van der Waals surface area contributed by atoms with Gasteiger partial charge in [0.1, 0.15) is 0 Å². The summed E-state index contributed by atoms with van der Waals surface area (Å²) in [5.74, 6) is 1.57. The number of benzene rings is 1. The Morgan fingerprint density at radius 2 is 1.75 bits per heavy atom. The smallest absolute Gasteiger partial charge is 0.225 e. The molecule has 0 aliphatic heterocycles. The van der Waals surface area contributed by atoms with Crippen molar-refractivity contribution in [2.75, 3.05) is 27.3 Å². The van der Waals surface area contributed by atoms with E-state index in [2.05, 4.69) is 0 Å². The van der Waals surface area contributed by atoms with Gasteiger partial charge in [-0.3, -0.25) is 4.79 Å². The molecule has 1 rings (SSSR count). The predicted molar refractivity (Wildman–Crippen MR) is 80.3 cm³/mol. The van der Waals surface area contributed by atoms with E-state index in [-0.39, 0.29) is 11.8 Å². The highest BCUT2D eigenvalue weighted by molar-refractivity contribution is 5.78. The molecule has 1 atom stereocenters. The van der Waals surface area contributed by atoms with Gasteiger partial charge in [0.2, 0.25) is 5.91 Å². The lowest BCUT2D eigenvalue weighted by Crippen LogP contribution is -2.35. The predicted octanol–water partition coefficient (Wildman–Crippen LogP) is 2.75. The third kappa shape index (κ3) is 3.89. The fraction of sp³-hybridized carbons (Fsp3) is 0.562. The van der Waals surface area contributed by atoms with Crippen molar-refractivity contribution in [3.05, 3.63) is 23.8 Å². The second-order valence-electron chi connectivity index (χ2n) is 4.81. The van der Waals surface area contributed by atoms with Crippen molar-refractivity contribution >= 4 is 5.91 Å². The van der Waals surface area contributed by atoms with Crippen LogP contribution in [0.3, 0.4) is 0 Å². The molecule has 1 aromatic rings. The largest absolute Gasteiger partial charge is 0.493 e. The van der Waals surface area contributed by atoms with Crippen LogP contribution in [0.15, 0.2) is 18.2 Å². The summed E-state index contributed by atoms with van der Waals surface area (Å²) in [5, 5.41) is 0. The Balaban J connectivity index is 2.80. The Bertz CT molecular complexity index is 441. The lowest BCUT2D eigenvalue weighted by Gasteiger charge is -2.23. The number of carbonyl (C=O) groups excluding carboxylic acids is 1. The number of methoxy groups -OCH3 is 2. The van der Waals surface area contributed by atoms with Crippen LogP contribution in [0.4, 0.5) is 0 Å². The molecule has 0 spiro atoms. The van der Waals surface area contributed by atoms with E-state index in [1.54, 1.807) is 14.2 Å². The first kappa shape index (κ1) is 16.3. The summed E-state index contributed by atoms with van der Waals surface area (Å²) in [7, 11) is 3.23. The van der Waals surface area contributed by atoms with E-state index >= 15 is 0 Å². The van der Waals surface area contributed by atoms with Gasteiger partial charge in [-0.25, -0.2) is 0 Å². The SMILES string of the molecule is CCN(CC)C(=O)C(C)Cc1ccc(OC)c(OC)c1. The molecule has 0 aliphatic rings. The minimum absolute atomic E-state index is 0.0343. The van der Waals surface area contributed by atoms with E-state index in [0.29, 0.717) is 17.9 Å². The quantitative estimate of drug-likeness (QED) is 0.770. The lowest BCUT2D eigenvalue weighted by atomic mass is 9.99. The molecule has 0 aliphatic carbocycles. The summed E-state index contributed by atoms with van der Waals surface area (Å²) in [6, 6.07) is 5.79. The van der Waals surface area contributed by atoms with Gasteiger partial charge in [0.05, 0.1) is 14.2 Å². The van der Waals surface area contributed by atoms with Gasteiger partial charge in [0, 0.05) is 19.0 Å². The molecule has 0 fully saturated rings. The number of hydrogen-bond acceptors (Lipinski definition) is 3. The zero-order valence-corrected chi connectivity index (χ0v) is 13.1. The highest BCUT2D eigenvalue weighted by atomic mass is 16.5. The minimum atomic E-state index is -0.0343. The van der Waals surface area contributed by atoms with Crippen LogP contribution in [-0.2, 0) is 11.2 Å². The van der Waals surface area contributed by atoms with Crippen molar-refractivity contribution in [1.82, 2.24) is 4.90 Å². The Morgan fingerprint density at radius 1 is 1.15 bits per heavy atom. The maximum absolute atomic E-state index is 12.3. The summed E-state index contributed by atoms with van der Waals surface area (Å²) in [5.41, 5.74) is 1.08. The first-order chi connectivity index (χ1) is 9.57. The van der Waals surface area contributed by atoms with Crippen LogP contribution in [0, 0.1) is 5.92 Å². The molecule has 0 N–H and O–H groups in total. The molecule has 0 saturated heterocycles. The van der Waals surface area contributed by atoms with Crippen LogP contribution >= 0.6 is 0 Å². The number of carbonyl (C=O) groups is 1. The highest BCUT2D eigenvalue weighted by Gasteiger charge is 2.19. The number of nitrogens with zero attached hydrogens (tertiary/aromatic N) is 1. The molecule has 0 heterocycles. The average molecular weight is 279 g/mol. The van der Waals surface area contributed by atoms with Gasteiger partial charge in [0.25, 0.3) is 0 Å². The van der Waals surface area contributed by atoms with Gasteiger partial charge in [-0.2, -0.15) is 0 Å². The van der Waals surface area contributed by atoms with E-state index in [9.17, 15) is 4.79 Å². The van der Waals surface area contributed by atoms with Gasteiger partial charge in [-0.15, -0.1) is 0 Å². The summed E-state index contributed by atoms with van der Waals surface area (Å²) in [6.07, 6.45) is 0.704. The van der Waals surface area contributed by atoms with Crippen molar-refractivity contribution in [2.45, 2.75) is 27.2 Å². The fourth-order valence-corrected chi connectivity index (χ4v) is 2.30. The summed E-state index contributed by atoms with van der Waals surface area (Å²) in [4.78, 5) is 14.1. The Hall–Kier alpha value is -1.71. The average Bonchev–Trinajstić information content (AvgIpc) is 2.48. The molecule has 112 valence electrons. The van der Waals surface area contributed by atoms with Crippen molar-refractivity contribution < 1.29 is 14.3 Å². The van der Waals surface area contributed by atoms with Crippen LogP contribution in [0.1, 0.15) is 26.3 Å². The summed E-state index contributed by atoms with van der Waals surface area (Å²) < 4.78 is 10.5. The molecule has 1 unspecified atom stereocenters. The van der Waals surface area contributed by atoms with Crippen molar-refractivity contribution in [3.8, 4) is 11.5 Å². The molecule has 1 amide bonds.